The molecule has 0 aliphatic heterocycles. The van der Waals surface area contributed by atoms with E-state index in [1.54, 1.807) is 0 Å². The molecule has 0 saturated heterocycles. The fourth-order valence-corrected chi connectivity index (χ4v) is 0. The van der Waals surface area contributed by atoms with Gasteiger partial charge in [0.2, 0.25) is 0 Å². The van der Waals surface area contributed by atoms with Crippen LogP contribution in [0.3, 0.4) is 0 Å². The Labute approximate surface area is 81.4 Å². The first-order valence-corrected chi connectivity index (χ1v) is 2.10. The van der Waals surface area contributed by atoms with Crippen LogP contribution in [0, 0.1) is 35.6 Å². The zero-order valence-corrected chi connectivity index (χ0v) is 7.14. The fourth-order valence-electron chi connectivity index (χ4n) is 0. The molecule has 0 aromatic rings. The van der Waals surface area contributed by atoms with Crippen molar-refractivity contribution in [1.82, 2.24) is 0 Å². The van der Waals surface area contributed by atoms with Gasteiger partial charge in [0.1, 0.15) is 0 Å². The minimum absolute atomic E-state index is 0. The van der Waals surface area contributed by atoms with E-state index in [1.165, 1.54) is 0 Å². The van der Waals surface area contributed by atoms with Gasteiger partial charge in [0.25, 0.3) is 0 Å². The summed E-state index contributed by atoms with van der Waals surface area (Å²) in [4.78, 5) is 0. The van der Waals surface area contributed by atoms with E-state index in [0.29, 0.717) is 0 Å². The Morgan fingerprint density at radius 3 is 1.14 bits per heavy atom. The molecule has 0 spiro atoms. The van der Waals surface area contributed by atoms with Crippen molar-refractivity contribution in [2.45, 2.75) is 0 Å². The summed E-state index contributed by atoms with van der Waals surface area (Å²) in [6.07, 6.45) is 0. The zero-order chi connectivity index (χ0) is 4.50. The van der Waals surface area contributed by atoms with Gasteiger partial charge >= 0.3 is 29.3 Å². The fraction of sp³-hybridized carbons (Fsp3) is 0. The van der Waals surface area contributed by atoms with Crippen molar-refractivity contribution >= 4 is 29.3 Å². The normalized spacial score (nSPS) is 8.29. The van der Waals surface area contributed by atoms with Crippen LogP contribution >= 0.6 is 0 Å². The summed E-state index contributed by atoms with van der Waals surface area (Å²) < 4.78 is 31.6. The second-order valence-corrected chi connectivity index (χ2v) is 1.34. The van der Waals surface area contributed by atoms with Crippen molar-refractivity contribution in [3.63, 3.8) is 0 Å². The third kappa shape index (κ3) is 88.9. The summed E-state index contributed by atoms with van der Waals surface area (Å²) >= 11 is 0. The molecule has 0 unspecified atom stereocenters. The van der Waals surface area contributed by atoms with Crippen LogP contribution in [-0.2, 0) is 10.4 Å². The molecule has 2 N–H and O–H groups in total. The molecule has 4 nitrogen and oxygen atoms in total. The first-order valence-electron chi connectivity index (χ1n) is 0.698. The summed E-state index contributed by atoms with van der Waals surface area (Å²) in [7, 11) is -4.67. The quantitative estimate of drug-likeness (QED) is 0.411. The standard InChI is InChI=1S/La.Li.H2O4S.H/c;;1-5(2,3)4;/h;;(H2,1,2,3,4);. The molecular weight excluding hydrogens is 242 g/mol. The van der Waals surface area contributed by atoms with Crippen molar-refractivity contribution in [2.24, 2.45) is 0 Å². The van der Waals surface area contributed by atoms with Gasteiger partial charge in [0, 0.05) is 35.6 Å². The average molecular weight is 245 g/mol. The van der Waals surface area contributed by atoms with Gasteiger partial charge in [-0.05, 0) is 0 Å². The van der Waals surface area contributed by atoms with Crippen molar-refractivity contribution in [3.05, 3.63) is 0 Å². The van der Waals surface area contributed by atoms with Crippen LogP contribution in [0.15, 0.2) is 0 Å². The van der Waals surface area contributed by atoms with Gasteiger partial charge in [0.15, 0.2) is 0 Å². The Hall–Kier alpha value is 1.66. The van der Waals surface area contributed by atoms with Gasteiger partial charge in [-0.15, -0.1) is 0 Å². The number of hydrogen-bond donors (Lipinski definition) is 2. The van der Waals surface area contributed by atoms with Gasteiger partial charge in [-0.3, -0.25) is 9.11 Å². The molecule has 0 atom stereocenters. The maximum atomic E-state index is 8.74. The van der Waals surface area contributed by atoms with Crippen LogP contribution in [0.2, 0.25) is 0 Å². The molecular formula is H3LaLiO4S. The van der Waals surface area contributed by atoms with E-state index in [4.69, 9.17) is 17.5 Å². The average Bonchev–Trinajstić information content (AvgIpc) is 0.722. The SMILES string of the molecule is O=S(=O)(O)O.[La].[LiH]. The van der Waals surface area contributed by atoms with Crippen LogP contribution < -0.4 is 0 Å². The second-order valence-electron chi connectivity index (χ2n) is 0.448. The Morgan fingerprint density at radius 1 is 1.14 bits per heavy atom. The first kappa shape index (κ1) is 15.9. The van der Waals surface area contributed by atoms with E-state index in [0.717, 1.165) is 0 Å². The summed E-state index contributed by atoms with van der Waals surface area (Å²) in [5.74, 6) is 0. The van der Waals surface area contributed by atoms with Crippen molar-refractivity contribution in [3.8, 4) is 0 Å². The van der Waals surface area contributed by atoms with Crippen molar-refractivity contribution in [2.75, 3.05) is 0 Å². The molecule has 0 bridgehead atoms. The van der Waals surface area contributed by atoms with Gasteiger partial charge in [-0.1, -0.05) is 0 Å². The number of rotatable bonds is 0. The van der Waals surface area contributed by atoms with E-state index in [2.05, 4.69) is 0 Å². The van der Waals surface area contributed by atoms with Crippen molar-refractivity contribution in [1.29, 1.82) is 0 Å². The molecule has 1 radical (unpaired) electrons. The molecule has 0 rings (SSSR count). The van der Waals surface area contributed by atoms with E-state index >= 15 is 0 Å². The molecule has 0 aliphatic carbocycles. The summed E-state index contributed by atoms with van der Waals surface area (Å²) in [5, 5.41) is 0. The topological polar surface area (TPSA) is 74.6 Å². The van der Waals surface area contributed by atoms with E-state index in [9.17, 15) is 0 Å². The van der Waals surface area contributed by atoms with Crippen LogP contribution in [0.4, 0.5) is 0 Å². The summed E-state index contributed by atoms with van der Waals surface area (Å²) in [6.45, 7) is 0. The predicted octanol–water partition coefficient (Wildman–Crippen LogP) is -1.30. The molecule has 0 heterocycles. The Morgan fingerprint density at radius 2 is 1.14 bits per heavy atom. The van der Waals surface area contributed by atoms with Crippen molar-refractivity contribution < 1.29 is 53.1 Å². The summed E-state index contributed by atoms with van der Waals surface area (Å²) in [5.41, 5.74) is 0. The van der Waals surface area contributed by atoms with Gasteiger partial charge < -0.3 is 0 Å². The molecule has 7 heteroatoms. The molecule has 0 amide bonds. The molecule has 0 aromatic carbocycles. The Balaban J connectivity index is -0.0000000800. The van der Waals surface area contributed by atoms with E-state index < -0.39 is 10.4 Å². The molecule has 37 valence electrons. The molecule has 7 heavy (non-hydrogen) atoms. The van der Waals surface area contributed by atoms with Crippen LogP contribution in [-0.4, -0.2) is 36.4 Å². The van der Waals surface area contributed by atoms with Gasteiger partial charge in [-0.25, -0.2) is 0 Å². The zero-order valence-electron chi connectivity index (χ0n) is 2.70. The van der Waals surface area contributed by atoms with Crippen LogP contribution in [0.25, 0.3) is 0 Å². The maximum absolute atomic E-state index is 8.74. The van der Waals surface area contributed by atoms with E-state index in [-0.39, 0.29) is 54.5 Å². The second kappa shape index (κ2) is 5.79. The van der Waals surface area contributed by atoms with Gasteiger partial charge in [-0.2, -0.15) is 8.42 Å². The third-order valence-electron chi connectivity index (χ3n) is 0. The Kier molecular flexibility index (Phi) is 13.1. The number of hydrogen-bond acceptors (Lipinski definition) is 2. The third-order valence-corrected chi connectivity index (χ3v) is 0. The summed E-state index contributed by atoms with van der Waals surface area (Å²) in [6, 6.07) is 0. The molecule has 0 saturated carbocycles. The molecule has 0 fully saturated rings. The van der Waals surface area contributed by atoms with Crippen LogP contribution in [0.1, 0.15) is 0 Å². The molecule has 0 aromatic heterocycles. The van der Waals surface area contributed by atoms with E-state index in [1.807, 2.05) is 0 Å². The monoisotopic (exact) mass is 245 g/mol. The minimum atomic E-state index is -4.67. The predicted molar refractivity (Wildman–Crippen MR) is 21.3 cm³/mol. The van der Waals surface area contributed by atoms with Gasteiger partial charge in [0.05, 0.1) is 0 Å². The Bertz CT molecular complexity index is 94.9. The van der Waals surface area contributed by atoms with Crippen LogP contribution in [0.5, 0.6) is 0 Å². The first-order chi connectivity index (χ1) is 2.00. The molecule has 0 aliphatic rings.